The van der Waals surface area contributed by atoms with Gasteiger partial charge in [-0.05, 0) is 31.5 Å². The average Bonchev–Trinajstić information content (AvgIpc) is 3.26. The molecule has 0 radical (unpaired) electrons. The van der Waals surface area contributed by atoms with Gasteiger partial charge in [0.25, 0.3) is 5.91 Å². The minimum absolute atomic E-state index is 0.0183. The molecule has 2 aromatic rings. The molecule has 0 bridgehead atoms. The van der Waals surface area contributed by atoms with Gasteiger partial charge in [0, 0.05) is 37.5 Å². The van der Waals surface area contributed by atoms with Gasteiger partial charge in [-0.1, -0.05) is 13.3 Å². The summed E-state index contributed by atoms with van der Waals surface area (Å²) in [5, 5.41) is 10.6. The van der Waals surface area contributed by atoms with Crippen molar-refractivity contribution < 1.29 is 14.3 Å². The van der Waals surface area contributed by atoms with Gasteiger partial charge < -0.3 is 14.5 Å². The first-order valence-corrected chi connectivity index (χ1v) is 9.61. The van der Waals surface area contributed by atoms with Crippen molar-refractivity contribution in [3.8, 4) is 0 Å². The van der Waals surface area contributed by atoms with Gasteiger partial charge in [-0.3, -0.25) is 4.79 Å². The number of piperidine rings is 1. The SMILES string of the molecule is CCC[C@@H](C)N1CC2(CCN(C(=O)c3ccc4n[nH]nc4c3)CC2)OC1=O. The largest absolute Gasteiger partial charge is 0.441 e. The van der Waals surface area contributed by atoms with E-state index in [0.29, 0.717) is 43.6 Å². The minimum atomic E-state index is -0.452. The number of nitrogens with zero attached hydrogens (tertiary/aromatic N) is 4. The summed E-state index contributed by atoms with van der Waals surface area (Å²) in [5.41, 5.74) is 1.57. The van der Waals surface area contributed by atoms with Crippen LogP contribution in [-0.2, 0) is 4.74 Å². The molecule has 4 rings (SSSR count). The number of aromatic nitrogens is 3. The Kier molecular flexibility index (Phi) is 4.49. The van der Waals surface area contributed by atoms with E-state index in [1.807, 2.05) is 9.80 Å². The van der Waals surface area contributed by atoms with Crippen molar-refractivity contribution in [2.24, 2.45) is 0 Å². The lowest BCUT2D eigenvalue weighted by molar-refractivity contribution is 0.00307. The first kappa shape index (κ1) is 17.8. The Hall–Kier alpha value is -2.64. The third-order valence-electron chi connectivity index (χ3n) is 5.76. The summed E-state index contributed by atoms with van der Waals surface area (Å²) >= 11 is 0. The number of benzene rings is 1. The van der Waals surface area contributed by atoms with Crippen LogP contribution in [0.25, 0.3) is 11.0 Å². The Morgan fingerprint density at radius 2 is 2.04 bits per heavy atom. The summed E-state index contributed by atoms with van der Waals surface area (Å²) in [4.78, 5) is 28.8. The predicted octanol–water partition coefficient (Wildman–Crippen LogP) is 2.57. The lowest BCUT2D eigenvalue weighted by Gasteiger charge is -2.37. The highest BCUT2D eigenvalue weighted by Crippen LogP contribution is 2.35. The smallest absolute Gasteiger partial charge is 0.410 e. The summed E-state index contributed by atoms with van der Waals surface area (Å²) in [7, 11) is 0. The number of rotatable bonds is 4. The lowest BCUT2D eigenvalue weighted by atomic mass is 9.90. The van der Waals surface area contributed by atoms with Crippen LogP contribution in [0.1, 0.15) is 49.9 Å². The molecule has 3 heterocycles. The van der Waals surface area contributed by atoms with Crippen molar-refractivity contribution in [3.63, 3.8) is 0 Å². The molecule has 27 heavy (non-hydrogen) atoms. The fourth-order valence-corrected chi connectivity index (χ4v) is 4.09. The Morgan fingerprint density at radius 1 is 1.30 bits per heavy atom. The lowest BCUT2D eigenvalue weighted by Crippen LogP contribution is -2.49. The zero-order chi connectivity index (χ0) is 19.0. The number of likely N-dealkylation sites (tertiary alicyclic amines) is 1. The first-order valence-electron chi connectivity index (χ1n) is 9.61. The highest BCUT2D eigenvalue weighted by atomic mass is 16.6. The van der Waals surface area contributed by atoms with Crippen LogP contribution in [0.3, 0.4) is 0 Å². The molecule has 1 N–H and O–H groups in total. The third-order valence-corrected chi connectivity index (χ3v) is 5.76. The third kappa shape index (κ3) is 3.24. The van der Waals surface area contributed by atoms with Crippen molar-refractivity contribution in [3.05, 3.63) is 23.8 Å². The van der Waals surface area contributed by atoms with Gasteiger partial charge in [-0.25, -0.2) is 4.79 Å². The number of H-pyrrole nitrogens is 1. The van der Waals surface area contributed by atoms with Crippen LogP contribution >= 0.6 is 0 Å². The monoisotopic (exact) mass is 371 g/mol. The van der Waals surface area contributed by atoms with E-state index in [1.165, 1.54) is 0 Å². The van der Waals surface area contributed by atoms with Gasteiger partial charge >= 0.3 is 6.09 Å². The summed E-state index contributed by atoms with van der Waals surface area (Å²) in [6.45, 7) is 5.98. The molecule has 1 aromatic heterocycles. The summed E-state index contributed by atoms with van der Waals surface area (Å²) < 4.78 is 5.78. The number of carbonyl (C=O) groups excluding carboxylic acids is 2. The highest BCUT2D eigenvalue weighted by molar-refractivity contribution is 5.97. The van der Waals surface area contributed by atoms with Crippen molar-refractivity contribution in [2.45, 2.75) is 51.2 Å². The Labute approximate surface area is 157 Å². The zero-order valence-electron chi connectivity index (χ0n) is 15.8. The van der Waals surface area contributed by atoms with Crippen LogP contribution in [-0.4, -0.2) is 68.5 Å². The van der Waals surface area contributed by atoms with E-state index >= 15 is 0 Å². The van der Waals surface area contributed by atoms with Gasteiger partial charge in [0.1, 0.15) is 16.6 Å². The van der Waals surface area contributed by atoms with E-state index in [1.54, 1.807) is 18.2 Å². The molecule has 8 heteroatoms. The van der Waals surface area contributed by atoms with Crippen LogP contribution in [0.2, 0.25) is 0 Å². The highest BCUT2D eigenvalue weighted by Gasteiger charge is 2.48. The van der Waals surface area contributed by atoms with E-state index < -0.39 is 5.60 Å². The maximum Gasteiger partial charge on any atom is 0.410 e. The predicted molar refractivity (Wildman–Crippen MR) is 99.3 cm³/mol. The Balaban J connectivity index is 1.41. The van der Waals surface area contributed by atoms with Gasteiger partial charge in [0.2, 0.25) is 0 Å². The molecule has 2 amide bonds. The van der Waals surface area contributed by atoms with E-state index in [0.717, 1.165) is 18.4 Å². The minimum Gasteiger partial charge on any atom is -0.441 e. The van der Waals surface area contributed by atoms with Crippen LogP contribution in [0.5, 0.6) is 0 Å². The summed E-state index contributed by atoms with van der Waals surface area (Å²) in [5.74, 6) is -0.0183. The number of ether oxygens (including phenoxy) is 1. The van der Waals surface area contributed by atoms with Crippen LogP contribution in [0.15, 0.2) is 18.2 Å². The topological polar surface area (TPSA) is 91.4 Å². The number of amides is 2. The quantitative estimate of drug-likeness (QED) is 0.892. The fourth-order valence-electron chi connectivity index (χ4n) is 4.09. The van der Waals surface area contributed by atoms with Crippen molar-refractivity contribution in [2.75, 3.05) is 19.6 Å². The molecular formula is C19H25N5O3. The molecule has 1 aromatic carbocycles. The first-order chi connectivity index (χ1) is 13.0. The molecule has 0 saturated carbocycles. The number of carbonyl (C=O) groups is 2. The molecule has 2 fully saturated rings. The molecule has 8 nitrogen and oxygen atoms in total. The van der Waals surface area contributed by atoms with Gasteiger partial charge in [0.05, 0.1) is 6.54 Å². The van der Waals surface area contributed by atoms with E-state index in [-0.39, 0.29) is 18.0 Å². The second-order valence-corrected chi connectivity index (χ2v) is 7.64. The van der Waals surface area contributed by atoms with E-state index in [9.17, 15) is 9.59 Å². The molecular weight excluding hydrogens is 346 g/mol. The summed E-state index contributed by atoms with van der Waals surface area (Å²) in [6, 6.07) is 5.52. The van der Waals surface area contributed by atoms with Crippen LogP contribution in [0.4, 0.5) is 4.79 Å². The van der Waals surface area contributed by atoms with Crippen molar-refractivity contribution in [1.82, 2.24) is 25.2 Å². The fraction of sp³-hybridized carbons (Fsp3) is 0.579. The Morgan fingerprint density at radius 3 is 2.78 bits per heavy atom. The molecule has 144 valence electrons. The molecule has 2 aliphatic heterocycles. The average molecular weight is 371 g/mol. The Bertz CT molecular complexity index is 856. The van der Waals surface area contributed by atoms with Gasteiger partial charge in [0.15, 0.2) is 0 Å². The number of nitrogens with one attached hydrogen (secondary N) is 1. The van der Waals surface area contributed by atoms with Gasteiger partial charge in [-0.2, -0.15) is 15.4 Å². The molecule has 2 aliphatic rings. The van der Waals surface area contributed by atoms with Crippen LogP contribution in [0, 0.1) is 0 Å². The standard InChI is InChI=1S/C19H25N5O3/c1-3-4-13(2)24-12-19(27-18(24)26)7-9-23(10-8-19)17(25)14-5-6-15-16(11-14)21-22-20-15/h5-6,11,13H,3-4,7-10,12H2,1-2H3,(H,20,21,22)/t13-/m1/s1. The molecule has 1 atom stereocenters. The van der Waals surface area contributed by atoms with Crippen LogP contribution < -0.4 is 0 Å². The maximum atomic E-state index is 12.8. The second kappa shape index (κ2) is 6.83. The second-order valence-electron chi connectivity index (χ2n) is 7.64. The maximum absolute atomic E-state index is 12.8. The number of hydrogen-bond donors (Lipinski definition) is 1. The normalized spacial score (nSPS) is 20.3. The van der Waals surface area contributed by atoms with E-state index in [4.69, 9.17) is 4.74 Å². The molecule has 1 spiro atoms. The zero-order valence-corrected chi connectivity index (χ0v) is 15.8. The molecule has 0 aliphatic carbocycles. The summed E-state index contributed by atoms with van der Waals surface area (Å²) in [6.07, 6.45) is 3.14. The van der Waals surface area contributed by atoms with E-state index in [2.05, 4.69) is 29.3 Å². The number of aromatic amines is 1. The number of fused-ring (bicyclic) bond motifs is 1. The molecule has 0 unspecified atom stereocenters. The van der Waals surface area contributed by atoms with Crippen molar-refractivity contribution >= 4 is 23.0 Å². The molecule has 2 saturated heterocycles. The number of hydrogen-bond acceptors (Lipinski definition) is 5. The van der Waals surface area contributed by atoms with Gasteiger partial charge in [-0.15, -0.1) is 0 Å². The van der Waals surface area contributed by atoms with Crippen molar-refractivity contribution in [1.29, 1.82) is 0 Å².